The largest absolute Gasteiger partial charge is 0.495 e. The molecule has 1 saturated carbocycles. The van der Waals surface area contributed by atoms with Crippen LogP contribution in [-0.2, 0) is 0 Å². The molecule has 6 heteroatoms. The zero-order valence-corrected chi connectivity index (χ0v) is 13.5. The van der Waals surface area contributed by atoms with E-state index in [0.29, 0.717) is 27.9 Å². The maximum absolute atomic E-state index is 6.38. The number of benzene rings is 1. The van der Waals surface area contributed by atoms with Gasteiger partial charge in [-0.2, -0.15) is 0 Å². The van der Waals surface area contributed by atoms with Gasteiger partial charge in [-0.1, -0.05) is 11.6 Å². The molecule has 2 N–H and O–H groups in total. The molecule has 0 spiro atoms. The normalized spacial score (nSPS) is 14.5. The minimum absolute atomic E-state index is 0.479. The summed E-state index contributed by atoms with van der Waals surface area (Å²) in [6.45, 7) is 0. The predicted octanol–water partition coefficient (Wildman–Crippen LogP) is 4.48. The van der Waals surface area contributed by atoms with Crippen molar-refractivity contribution in [3.8, 4) is 16.5 Å². The second-order valence-electron chi connectivity index (χ2n) is 5.43. The summed E-state index contributed by atoms with van der Waals surface area (Å²) in [6.07, 6.45) is 2.47. The fourth-order valence-electron chi connectivity index (χ4n) is 2.50. The smallest absolute Gasteiger partial charge is 0.142 e. The average Bonchev–Trinajstić information content (AvgIpc) is 3.25. The Morgan fingerprint density at radius 1 is 1.32 bits per heavy atom. The summed E-state index contributed by atoms with van der Waals surface area (Å²) in [5.74, 6) is 1.22. The maximum Gasteiger partial charge on any atom is 0.142 e. The van der Waals surface area contributed by atoms with Crippen molar-refractivity contribution in [1.29, 1.82) is 0 Å². The van der Waals surface area contributed by atoms with Crippen LogP contribution in [0.5, 0.6) is 5.75 Å². The molecule has 2 aromatic heterocycles. The second-order valence-corrected chi connectivity index (χ2v) is 6.66. The first kappa shape index (κ1) is 13.8. The van der Waals surface area contributed by atoms with E-state index in [1.807, 2.05) is 12.1 Å². The second kappa shape index (κ2) is 5.11. The third kappa shape index (κ3) is 2.21. The summed E-state index contributed by atoms with van der Waals surface area (Å²) in [6, 6.07) is 5.54. The summed E-state index contributed by atoms with van der Waals surface area (Å²) < 4.78 is 5.26. The Morgan fingerprint density at radius 3 is 2.86 bits per heavy atom. The minimum atomic E-state index is 0.479. The molecule has 1 aliphatic rings. The molecule has 0 unspecified atom stereocenters. The van der Waals surface area contributed by atoms with Crippen LogP contribution in [0.3, 0.4) is 0 Å². The van der Waals surface area contributed by atoms with Crippen molar-refractivity contribution in [3.63, 3.8) is 0 Å². The van der Waals surface area contributed by atoms with Crippen LogP contribution in [0.25, 0.3) is 21.6 Å². The number of rotatable bonds is 3. The Labute approximate surface area is 136 Å². The van der Waals surface area contributed by atoms with Gasteiger partial charge in [0.25, 0.3) is 0 Å². The zero-order chi connectivity index (χ0) is 15.3. The van der Waals surface area contributed by atoms with Gasteiger partial charge in [0.2, 0.25) is 0 Å². The molecule has 3 aromatic rings. The molecule has 4 nitrogen and oxygen atoms in total. The minimum Gasteiger partial charge on any atom is -0.495 e. The number of thiazole rings is 1. The van der Waals surface area contributed by atoms with Crippen LogP contribution in [0.2, 0.25) is 5.02 Å². The molecular formula is C16H14ClN3OS. The molecule has 112 valence electrons. The number of pyridine rings is 1. The summed E-state index contributed by atoms with van der Waals surface area (Å²) in [5, 5.41) is 4.30. The number of halogens is 1. The number of fused-ring (bicyclic) bond motifs is 1. The number of nitrogens with two attached hydrogens (primary N) is 1. The van der Waals surface area contributed by atoms with Crippen molar-refractivity contribution in [2.24, 2.45) is 0 Å². The van der Waals surface area contributed by atoms with E-state index in [1.165, 1.54) is 12.8 Å². The number of hydrogen-bond donors (Lipinski definition) is 1. The van der Waals surface area contributed by atoms with Crippen LogP contribution in [0.15, 0.2) is 23.6 Å². The van der Waals surface area contributed by atoms with E-state index in [2.05, 4.69) is 15.3 Å². The Morgan fingerprint density at radius 2 is 2.14 bits per heavy atom. The highest BCUT2D eigenvalue weighted by Gasteiger charge is 2.26. The number of hydrogen-bond acceptors (Lipinski definition) is 5. The molecule has 0 bridgehead atoms. The van der Waals surface area contributed by atoms with Gasteiger partial charge in [-0.25, -0.2) is 9.97 Å². The van der Waals surface area contributed by atoms with Crippen molar-refractivity contribution in [3.05, 3.63) is 34.3 Å². The number of aromatic nitrogens is 2. The highest BCUT2D eigenvalue weighted by atomic mass is 35.5. The molecule has 1 fully saturated rings. The van der Waals surface area contributed by atoms with Gasteiger partial charge in [-0.3, -0.25) is 0 Å². The highest BCUT2D eigenvalue weighted by Crippen LogP contribution is 2.42. The number of methoxy groups -OCH3 is 1. The van der Waals surface area contributed by atoms with Crippen LogP contribution >= 0.6 is 22.9 Å². The number of nitrogens with zero attached hydrogens (tertiary/aromatic N) is 2. The molecule has 2 heterocycles. The van der Waals surface area contributed by atoms with Crippen molar-refractivity contribution in [2.75, 3.05) is 12.8 Å². The van der Waals surface area contributed by atoms with Crippen molar-refractivity contribution in [1.82, 2.24) is 9.97 Å². The van der Waals surface area contributed by atoms with Crippen molar-refractivity contribution in [2.45, 2.75) is 18.8 Å². The molecule has 0 aliphatic heterocycles. The highest BCUT2D eigenvalue weighted by molar-refractivity contribution is 7.13. The van der Waals surface area contributed by atoms with Crippen molar-refractivity contribution >= 4 is 39.5 Å². The van der Waals surface area contributed by atoms with Gasteiger partial charge in [0.1, 0.15) is 21.5 Å². The van der Waals surface area contributed by atoms with Crippen LogP contribution < -0.4 is 10.5 Å². The van der Waals surface area contributed by atoms with Gasteiger partial charge in [0.05, 0.1) is 18.3 Å². The lowest BCUT2D eigenvalue weighted by Gasteiger charge is -2.09. The molecule has 1 aliphatic carbocycles. The van der Waals surface area contributed by atoms with Crippen LogP contribution in [0, 0.1) is 0 Å². The Hall–Kier alpha value is -1.85. The predicted molar refractivity (Wildman–Crippen MR) is 90.8 cm³/mol. The van der Waals surface area contributed by atoms with Gasteiger partial charge in [0.15, 0.2) is 0 Å². The van der Waals surface area contributed by atoms with Gasteiger partial charge < -0.3 is 10.5 Å². The van der Waals surface area contributed by atoms with Gasteiger partial charge in [-0.15, -0.1) is 11.3 Å². The summed E-state index contributed by atoms with van der Waals surface area (Å²) in [4.78, 5) is 9.35. The third-order valence-electron chi connectivity index (χ3n) is 3.87. The molecule has 22 heavy (non-hydrogen) atoms. The quantitative estimate of drug-likeness (QED) is 0.768. The third-order valence-corrected chi connectivity index (χ3v) is 5.12. The number of anilines is 1. The fourth-order valence-corrected chi connectivity index (χ4v) is 3.65. The standard InChI is InChI=1S/C16H14ClN3OS/c1-21-13-5-4-9-10(18)6-11(19-15(9)14(13)17)16-20-12(7-22-16)8-2-3-8/h4-8H,2-3H2,1H3,(H2,18,19). The van der Waals surface area contributed by atoms with E-state index in [1.54, 1.807) is 24.5 Å². The van der Waals surface area contributed by atoms with E-state index in [9.17, 15) is 0 Å². The van der Waals surface area contributed by atoms with E-state index in [4.69, 9.17) is 22.1 Å². The fraction of sp³-hybridized carbons (Fsp3) is 0.250. The topological polar surface area (TPSA) is 61.0 Å². The Kier molecular flexibility index (Phi) is 3.20. The lowest BCUT2D eigenvalue weighted by Crippen LogP contribution is -1.95. The monoisotopic (exact) mass is 331 g/mol. The Balaban J connectivity index is 1.88. The first-order valence-electron chi connectivity index (χ1n) is 7.06. The van der Waals surface area contributed by atoms with E-state index in [0.717, 1.165) is 21.8 Å². The molecule has 0 saturated heterocycles. The molecular weight excluding hydrogens is 318 g/mol. The number of nitrogen functional groups attached to an aromatic ring is 1. The van der Waals surface area contributed by atoms with Crippen LogP contribution in [-0.4, -0.2) is 17.1 Å². The number of ether oxygens (including phenoxy) is 1. The van der Waals surface area contributed by atoms with E-state index >= 15 is 0 Å². The van der Waals surface area contributed by atoms with E-state index < -0.39 is 0 Å². The van der Waals surface area contributed by atoms with Gasteiger partial charge in [0, 0.05) is 22.4 Å². The van der Waals surface area contributed by atoms with Crippen molar-refractivity contribution < 1.29 is 4.74 Å². The van der Waals surface area contributed by atoms with E-state index in [-0.39, 0.29) is 0 Å². The maximum atomic E-state index is 6.38. The molecule has 0 atom stereocenters. The van der Waals surface area contributed by atoms with Gasteiger partial charge in [-0.05, 0) is 31.0 Å². The molecule has 1 aromatic carbocycles. The zero-order valence-electron chi connectivity index (χ0n) is 12.0. The summed E-state index contributed by atoms with van der Waals surface area (Å²) >= 11 is 7.98. The SMILES string of the molecule is COc1ccc2c(N)cc(-c3nc(C4CC4)cs3)nc2c1Cl. The first-order valence-corrected chi connectivity index (χ1v) is 8.31. The lowest BCUT2D eigenvalue weighted by molar-refractivity contribution is 0.415. The molecule has 0 amide bonds. The first-order chi connectivity index (χ1) is 10.7. The summed E-state index contributed by atoms with van der Waals surface area (Å²) in [7, 11) is 1.59. The Bertz CT molecular complexity index is 873. The van der Waals surface area contributed by atoms with Crippen LogP contribution in [0.4, 0.5) is 5.69 Å². The van der Waals surface area contributed by atoms with Crippen LogP contribution in [0.1, 0.15) is 24.5 Å². The molecule has 4 rings (SSSR count). The molecule has 0 radical (unpaired) electrons. The van der Waals surface area contributed by atoms with Gasteiger partial charge >= 0.3 is 0 Å². The average molecular weight is 332 g/mol. The lowest BCUT2D eigenvalue weighted by atomic mass is 10.1. The summed E-state index contributed by atoms with van der Waals surface area (Å²) in [5.41, 5.74) is 9.39.